The number of amides is 1. The van der Waals surface area contributed by atoms with Gasteiger partial charge in [-0.25, -0.2) is 0 Å². The van der Waals surface area contributed by atoms with Gasteiger partial charge in [-0.1, -0.05) is 0 Å². The number of carbonyl (C=O) groups is 1. The Bertz CT molecular complexity index is 299. The predicted molar refractivity (Wildman–Crippen MR) is 52.8 cm³/mol. The highest BCUT2D eigenvalue weighted by molar-refractivity contribution is 5.83. The Morgan fingerprint density at radius 3 is 3.00 bits per heavy atom. The van der Waals surface area contributed by atoms with Crippen LogP contribution in [-0.4, -0.2) is 42.0 Å². The van der Waals surface area contributed by atoms with E-state index in [0.29, 0.717) is 0 Å². The molecule has 1 fully saturated rings. The van der Waals surface area contributed by atoms with Crippen molar-refractivity contribution in [2.24, 2.45) is 5.73 Å². The zero-order valence-electron chi connectivity index (χ0n) is 8.58. The minimum atomic E-state index is -0.356. The number of rotatable bonds is 0. The van der Waals surface area contributed by atoms with E-state index in [1.54, 1.807) is 11.9 Å². The molecule has 2 rings (SSSR count). The largest absolute Gasteiger partial charge is 0.368 e. The van der Waals surface area contributed by atoms with Gasteiger partial charge in [-0.15, -0.1) is 0 Å². The monoisotopic (exact) mass is 196 g/mol. The van der Waals surface area contributed by atoms with Gasteiger partial charge in [-0.2, -0.15) is 0 Å². The molecule has 0 saturated carbocycles. The molecule has 2 heterocycles. The highest BCUT2D eigenvalue weighted by Gasteiger charge is 2.32. The molecule has 5 nitrogen and oxygen atoms in total. The summed E-state index contributed by atoms with van der Waals surface area (Å²) in [4.78, 5) is 15.6. The van der Waals surface area contributed by atoms with E-state index in [1.807, 2.05) is 6.92 Å². The van der Waals surface area contributed by atoms with Crippen molar-refractivity contribution in [1.29, 1.82) is 0 Å². The molecule has 0 aromatic carbocycles. The zero-order chi connectivity index (χ0) is 10.3. The Hall–Kier alpha value is -1.23. The fraction of sp³-hybridized carbons (Fsp3) is 0.667. The van der Waals surface area contributed by atoms with Gasteiger partial charge in [0.25, 0.3) is 0 Å². The number of nitrogens with zero attached hydrogens (tertiary/aromatic N) is 2. The minimum absolute atomic E-state index is 0.00514. The number of hydrogen-bond donors (Lipinski definition) is 2. The van der Waals surface area contributed by atoms with Gasteiger partial charge in [0.2, 0.25) is 5.91 Å². The van der Waals surface area contributed by atoms with E-state index in [0.717, 1.165) is 31.2 Å². The van der Waals surface area contributed by atoms with Gasteiger partial charge in [0.1, 0.15) is 5.82 Å². The van der Waals surface area contributed by atoms with E-state index in [9.17, 15) is 4.79 Å². The first-order chi connectivity index (χ1) is 6.61. The van der Waals surface area contributed by atoms with Crippen LogP contribution >= 0.6 is 0 Å². The summed E-state index contributed by atoms with van der Waals surface area (Å²) in [5.41, 5.74) is 6.81. The molecular weight excluding hydrogens is 180 g/mol. The molecule has 3 N–H and O–H groups in total. The van der Waals surface area contributed by atoms with Gasteiger partial charge >= 0.3 is 0 Å². The quantitative estimate of drug-likeness (QED) is 0.534. The third-order valence-electron chi connectivity index (χ3n) is 2.85. The molecule has 0 spiro atoms. The molecule has 2 aliphatic heterocycles. The van der Waals surface area contributed by atoms with E-state index < -0.39 is 0 Å². The van der Waals surface area contributed by atoms with Crippen molar-refractivity contribution in [2.75, 3.05) is 20.3 Å². The van der Waals surface area contributed by atoms with Crippen molar-refractivity contribution < 1.29 is 4.79 Å². The van der Waals surface area contributed by atoms with Crippen LogP contribution in [-0.2, 0) is 4.79 Å². The molecule has 0 aromatic heterocycles. The van der Waals surface area contributed by atoms with Crippen LogP contribution in [0.15, 0.2) is 11.5 Å². The Morgan fingerprint density at radius 2 is 2.29 bits per heavy atom. The molecule has 0 bridgehead atoms. The van der Waals surface area contributed by atoms with Crippen LogP contribution in [0.25, 0.3) is 0 Å². The summed E-state index contributed by atoms with van der Waals surface area (Å²) in [7, 11) is 1.78. The number of hydrogen-bond acceptors (Lipinski definition) is 4. The average Bonchev–Trinajstić information content (AvgIpc) is 2.49. The lowest BCUT2D eigenvalue weighted by molar-refractivity contribution is -0.129. The van der Waals surface area contributed by atoms with E-state index in [4.69, 9.17) is 5.73 Å². The molecular formula is C9H16N4O. The van der Waals surface area contributed by atoms with Crippen molar-refractivity contribution in [3.8, 4) is 0 Å². The van der Waals surface area contributed by atoms with E-state index in [-0.39, 0.29) is 11.9 Å². The smallest absolute Gasteiger partial charge is 0.244 e. The van der Waals surface area contributed by atoms with E-state index in [1.165, 1.54) is 0 Å². The molecule has 1 unspecified atom stereocenters. The topological polar surface area (TPSA) is 61.6 Å². The maximum Gasteiger partial charge on any atom is 0.244 e. The van der Waals surface area contributed by atoms with Gasteiger partial charge in [0.05, 0.1) is 18.4 Å². The molecule has 0 radical (unpaired) electrons. The Labute approximate surface area is 83.5 Å². The molecule has 5 heteroatoms. The number of allylic oxidation sites excluding steroid dienone is 1. The van der Waals surface area contributed by atoms with Gasteiger partial charge in [-0.05, 0) is 13.3 Å². The van der Waals surface area contributed by atoms with Crippen molar-refractivity contribution in [3.05, 3.63) is 11.5 Å². The summed E-state index contributed by atoms with van der Waals surface area (Å²) < 4.78 is 0. The first kappa shape index (κ1) is 9.33. The fourth-order valence-corrected chi connectivity index (χ4v) is 2.03. The Balaban J connectivity index is 2.33. The van der Waals surface area contributed by atoms with E-state index in [2.05, 4.69) is 10.2 Å². The lowest BCUT2D eigenvalue weighted by Gasteiger charge is -2.24. The number of likely N-dealkylation sites (N-methyl/N-ethyl adjacent to an activating group) is 1. The number of nitrogens with two attached hydrogens (primary N) is 1. The van der Waals surface area contributed by atoms with Crippen LogP contribution in [0, 0.1) is 0 Å². The van der Waals surface area contributed by atoms with Crippen LogP contribution < -0.4 is 11.1 Å². The molecule has 0 aromatic rings. The van der Waals surface area contributed by atoms with Gasteiger partial charge < -0.3 is 16.0 Å². The van der Waals surface area contributed by atoms with Gasteiger partial charge in [0.15, 0.2) is 0 Å². The summed E-state index contributed by atoms with van der Waals surface area (Å²) in [6.45, 7) is 3.61. The number of fused-ring (bicyclic) bond motifs is 1. The third-order valence-corrected chi connectivity index (χ3v) is 2.85. The first-order valence-corrected chi connectivity index (χ1v) is 4.84. The molecule has 2 aliphatic rings. The van der Waals surface area contributed by atoms with Gasteiger partial charge in [0, 0.05) is 13.6 Å². The number of carbonyl (C=O) groups excluding carboxylic acids is 1. The summed E-state index contributed by atoms with van der Waals surface area (Å²) in [5, 5.41) is 3.23. The van der Waals surface area contributed by atoms with Crippen LogP contribution in [0.2, 0.25) is 0 Å². The first-order valence-electron chi connectivity index (χ1n) is 4.84. The molecule has 1 saturated heterocycles. The van der Waals surface area contributed by atoms with Crippen LogP contribution in [0.3, 0.4) is 0 Å². The molecule has 78 valence electrons. The second-order valence-electron chi connectivity index (χ2n) is 3.84. The summed E-state index contributed by atoms with van der Waals surface area (Å²) in [6, 6.07) is -0.356. The average molecular weight is 196 g/mol. The second-order valence-corrected chi connectivity index (χ2v) is 3.84. The lowest BCUT2D eigenvalue weighted by Crippen LogP contribution is -2.40. The molecule has 1 amide bonds. The van der Waals surface area contributed by atoms with Crippen LogP contribution in [0.5, 0.6) is 0 Å². The van der Waals surface area contributed by atoms with Crippen molar-refractivity contribution >= 4 is 5.91 Å². The molecule has 14 heavy (non-hydrogen) atoms. The third kappa shape index (κ3) is 1.24. The summed E-state index contributed by atoms with van der Waals surface area (Å²) in [6.07, 6.45) is 0.724. The summed E-state index contributed by atoms with van der Waals surface area (Å²) in [5.74, 6) is 0.980. The normalized spacial score (nSPS) is 27.6. The second kappa shape index (κ2) is 3.16. The number of nitrogens with one attached hydrogen (secondary N) is 1. The van der Waals surface area contributed by atoms with Crippen LogP contribution in [0.4, 0.5) is 0 Å². The SMILES string of the molecule is CC1=C2N(CCC(N)C(=O)N2C)CN1. The highest BCUT2D eigenvalue weighted by Crippen LogP contribution is 2.22. The predicted octanol–water partition coefficient (Wildman–Crippen LogP) is -0.772. The molecule has 1 atom stereocenters. The highest BCUT2D eigenvalue weighted by atomic mass is 16.2. The maximum atomic E-state index is 11.7. The van der Waals surface area contributed by atoms with Crippen LogP contribution in [0.1, 0.15) is 13.3 Å². The standard InChI is InChI=1S/C9H16N4O/c1-6-8-12(2)9(14)7(10)3-4-13(8)5-11-6/h7,11H,3-5,10H2,1-2H3. The van der Waals surface area contributed by atoms with Gasteiger partial charge in [-0.3, -0.25) is 9.69 Å². The minimum Gasteiger partial charge on any atom is -0.368 e. The van der Waals surface area contributed by atoms with Crippen molar-refractivity contribution in [3.63, 3.8) is 0 Å². The Morgan fingerprint density at radius 1 is 1.57 bits per heavy atom. The van der Waals surface area contributed by atoms with Crippen molar-refractivity contribution in [2.45, 2.75) is 19.4 Å². The zero-order valence-corrected chi connectivity index (χ0v) is 8.58. The summed E-state index contributed by atoms with van der Waals surface area (Å²) >= 11 is 0. The lowest BCUT2D eigenvalue weighted by atomic mass is 10.2. The fourth-order valence-electron chi connectivity index (χ4n) is 2.03. The molecule has 0 aliphatic carbocycles. The Kier molecular flexibility index (Phi) is 2.11. The van der Waals surface area contributed by atoms with Crippen molar-refractivity contribution in [1.82, 2.24) is 15.1 Å². The maximum absolute atomic E-state index is 11.7. The van der Waals surface area contributed by atoms with E-state index >= 15 is 0 Å².